The maximum absolute atomic E-state index is 11.2. The van der Waals surface area contributed by atoms with Gasteiger partial charge in [-0.2, -0.15) is 0 Å². The summed E-state index contributed by atoms with van der Waals surface area (Å²) >= 11 is 21.8. The van der Waals surface area contributed by atoms with E-state index in [2.05, 4.69) is 21.2 Å². The van der Waals surface area contributed by atoms with Crippen LogP contribution in [0.1, 0.15) is 28.4 Å². The van der Waals surface area contributed by atoms with Crippen molar-refractivity contribution in [3.63, 3.8) is 0 Å². The molecule has 0 aliphatic carbocycles. The molecule has 5 nitrogen and oxygen atoms in total. The van der Waals surface area contributed by atoms with E-state index in [1.165, 1.54) is 12.1 Å². The predicted octanol–water partition coefficient (Wildman–Crippen LogP) is 7.70. The van der Waals surface area contributed by atoms with Crippen molar-refractivity contribution in [2.24, 2.45) is 0 Å². The highest BCUT2D eigenvalue weighted by Gasteiger charge is 2.14. The Balaban J connectivity index is 1.78. The third-order valence-electron chi connectivity index (χ3n) is 4.43. The van der Waals surface area contributed by atoms with Crippen LogP contribution in [0.4, 0.5) is 5.69 Å². The van der Waals surface area contributed by atoms with E-state index in [-0.39, 0.29) is 12.2 Å². The molecule has 0 saturated heterocycles. The highest BCUT2D eigenvalue weighted by atomic mass is 79.9. The second-order valence-corrected chi connectivity index (χ2v) is 8.80. The number of anilines is 1. The van der Waals surface area contributed by atoms with Gasteiger partial charge in [-0.3, -0.25) is 0 Å². The average molecular weight is 560 g/mol. The van der Waals surface area contributed by atoms with Crippen molar-refractivity contribution in [2.75, 3.05) is 11.9 Å². The van der Waals surface area contributed by atoms with E-state index in [0.29, 0.717) is 49.9 Å². The van der Waals surface area contributed by atoms with Gasteiger partial charge >= 0.3 is 5.97 Å². The second kappa shape index (κ2) is 11.1. The van der Waals surface area contributed by atoms with E-state index in [0.717, 1.165) is 11.1 Å². The zero-order chi connectivity index (χ0) is 23.3. The Morgan fingerprint density at radius 2 is 1.72 bits per heavy atom. The van der Waals surface area contributed by atoms with E-state index in [4.69, 9.17) is 44.3 Å². The van der Waals surface area contributed by atoms with Crippen molar-refractivity contribution in [3.8, 4) is 11.5 Å². The second-order valence-electron chi connectivity index (χ2n) is 6.73. The molecule has 0 saturated carbocycles. The third kappa shape index (κ3) is 6.23. The van der Waals surface area contributed by atoms with Gasteiger partial charge in [0.15, 0.2) is 11.5 Å². The molecule has 3 aromatic rings. The summed E-state index contributed by atoms with van der Waals surface area (Å²) in [7, 11) is 0. The molecule has 0 radical (unpaired) electrons. The van der Waals surface area contributed by atoms with Gasteiger partial charge < -0.3 is 19.9 Å². The fraction of sp³-hybridized carbons (Fsp3) is 0.174. The number of carboxylic acid groups (broad SMARTS) is 1. The lowest BCUT2D eigenvalue weighted by Crippen LogP contribution is -2.05. The van der Waals surface area contributed by atoms with E-state index < -0.39 is 5.97 Å². The molecule has 0 aliphatic rings. The van der Waals surface area contributed by atoms with Crippen LogP contribution in [0.15, 0.2) is 53.0 Å². The molecule has 0 aliphatic heterocycles. The van der Waals surface area contributed by atoms with Crippen molar-refractivity contribution in [1.29, 1.82) is 0 Å². The summed E-state index contributed by atoms with van der Waals surface area (Å²) in [6, 6.07) is 13.6. The molecule has 0 bridgehead atoms. The molecule has 0 spiro atoms. The number of hydrogen-bond donors (Lipinski definition) is 2. The molecule has 0 amide bonds. The zero-order valence-electron chi connectivity index (χ0n) is 16.9. The Labute approximate surface area is 209 Å². The topological polar surface area (TPSA) is 67.8 Å². The fourth-order valence-electron chi connectivity index (χ4n) is 2.90. The lowest BCUT2D eigenvalue weighted by molar-refractivity contribution is 0.0697. The van der Waals surface area contributed by atoms with Gasteiger partial charge in [0.05, 0.1) is 37.4 Å². The number of ether oxygens (including phenoxy) is 2. The Kier molecular flexibility index (Phi) is 8.54. The molecular formula is C23H19BrCl3NO4. The van der Waals surface area contributed by atoms with Crippen LogP contribution >= 0.6 is 50.7 Å². The van der Waals surface area contributed by atoms with Gasteiger partial charge in [-0.25, -0.2) is 4.79 Å². The van der Waals surface area contributed by atoms with Gasteiger partial charge in [-0.15, -0.1) is 0 Å². The van der Waals surface area contributed by atoms with Crippen LogP contribution in [0.25, 0.3) is 0 Å². The highest BCUT2D eigenvalue weighted by Crippen LogP contribution is 2.38. The molecule has 9 heteroatoms. The summed E-state index contributed by atoms with van der Waals surface area (Å²) in [6.45, 7) is 3.02. The monoisotopic (exact) mass is 557 g/mol. The Morgan fingerprint density at radius 3 is 2.41 bits per heavy atom. The standard InChI is InChI=1S/C23H19BrCl3NO4/c1-2-31-21-9-14(11-28-20-10-15(23(29)30)4-6-18(20)26)7-16(24)22(21)32-12-13-3-5-17(25)19(27)8-13/h3-10,28H,2,11-12H2,1H3,(H,29,30). The molecule has 0 aromatic heterocycles. The summed E-state index contributed by atoms with van der Waals surface area (Å²) in [5.41, 5.74) is 2.44. The molecule has 0 atom stereocenters. The fourth-order valence-corrected chi connectivity index (χ4v) is 4.01. The molecule has 3 rings (SSSR count). The summed E-state index contributed by atoms with van der Waals surface area (Å²) < 4.78 is 12.5. The van der Waals surface area contributed by atoms with Crippen LogP contribution in [0, 0.1) is 0 Å². The minimum Gasteiger partial charge on any atom is -0.490 e. The smallest absolute Gasteiger partial charge is 0.335 e. The van der Waals surface area contributed by atoms with Gasteiger partial charge in [0, 0.05) is 6.54 Å². The molecule has 32 heavy (non-hydrogen) atoms. The number of rotatable bonds is 9. The Morgan fingerprint density at radius 1 is 0.969 bits per heavy atom. The average Bonchev–Trinajstić information content (AvgIpc) is 2.75. The number of nitrogens with one attached hydrogen (secondary N) is 1. The van der Waals surface area contributed by atoms with Crippen LogP contribution in [0.5, 0.6) is 11.5 Å². The lowest BCUT2D eigenvalue weighted by Gasteiger charge is -2.16. The number of carbonyl (C=O) groups is 1. The maximum atomic E-state index is 11.2. The van der Waals surface area contributed by atoms with Gasteiger partial charge in [-0.05, 0) is 76.4 Å². The first-order chi connectivity index (χ1) is 15.3. The number of halogens is 4. The normalized spacial score (nSPS) is 10.7. The van der Waals surface area contributed by atoms with Gasteiger partial charge in [0.1, 0.15) is 6.61 Å². The van der Waals surface area contributed by atoms with Gasteiger partial charge in [0.25, 0.3) is 0 Å². The van der Waals surface area contributed by atoms with Crippen molar-refractivity contribution in [2.45, 2.75) is 20.1 Å². The largest absolute Gasteiger partial charge is 0.490 e. The molecule has 0 heterocycles. The summed E-state index contributed by atoms with van der Waals surface area (Å²) in [5.74, 6) is 0.117. The van der Waals surface area contributed by atoms with Crippen molar-refractivity contribution in [1.82, 2.24) is 0 Å². The SMILES string of the molecule is CCOc1cc(CNc2cc(C(=O)O)ccc2Cl)cc(Br)c1OCc1ccc(Cl)c(Cl)c1. The number of benzene rings is 3. The van der Waals surface area contributed by atoms with Gasteiger partial charge in [-0.1, -0.05) is 40.9 Å². The molecule has 168 valence electrons. The summed E-state index contributed by atoms with van der Waals surface area (Å²) in [5, 5.41) is 13.7. The number of hydrogen-bond acceptors (Lipinski definition) is 4. The summed E-state index contributed by atoms with van der Waals surface area (Å²) in [4.78, 5) is 11.2. The van der Waals surface area contributed by atoms with E-state index in [1.54, 1.807) is 18.2 Å². The minimum absolute atomic E-state index is 0.152. The van der Waals surface area contributed by atoms with E-state index in [1.807, 2.05) is 25.1 Å². The lowest BCUT2D eigenvalue weighted by atomic mass is 10.1. The molecule has 3 aromatic carbocycles. The number of carboxylic acids is 1. The first-order valence-corrected chi connectivity index (χ1v) is 11.5. The van der Waals surface area contributed by atoms with Crippen LogP contribution in [-0.2, 0) is 13.2 Å². The van der Waals surface area contributed by atoms with Crippen LogP contribution in [-0.4, -0.2) is 17.7 Å². The zero-order valence-corrected chi connectivity index (χ0v) is 20.8. The molecular weight excluding hydrogens is 541 g/mol. The quantitative estimate of drug-likeness (QED) is 0.281. The van der Waals surface area contributed by atoms with Crippen LogP contribution in [0.3, 0.4) is 0 Å². The van der Waals surface area contributed by atoms with Crippen molar-refractivity contribution in [3.05, 3.63) is 84.8 Å². The van der Waals surface area contributed by atoms with Crippen molar-refractivity contribution >= 4 is 62.4 Å². The van der Waals surface area contributed by atoms with Crippen molar-refractivity contribution < 1.29 is 19.4 Å². The minimum atomic E-state index is -1.02. The predicted molar refractivity (Wildman–Crippen MR) is 132 cm³/mol. The Hall–Kier alpha value is -2.12. The Bertz CT molecular complexity index is 1140. The van der Waals surface area contributed by atoms with Crippen LogP contribution < -0.4 is 14.8 Å². The third-order valence-corrected chi connectivity index (χ3v) is 6.09. The highest BCUT2D eigenvalue weighted by molar-refractivity contribution is 9.10. The first kappa shape index (κ1) is 24.5. The van der Waals surface area contributed by atoms with Gasteiger partial charge in [0.2, 0.25) is 0 Å². The molecule has 0 unspecified atom stereocenters. The van der Waals surface area contributed by atoms with E-state index in [9.17, 15) is 9.90 Å². The van der Waals surface area contributed by atoms with E-state index >= 15 is 0 Å². The van der Waals surface area contributed by atoms with Crippen LogP contribution in [0.2, 0.25) is 15.1 Å². The first-order valence-electron chi connectivity index (χ1n) is 9.57. The summed E-state index contributed by atoms with van der Waals surface area (Å²) in [6.07, 6.45) is 0. The molecule has 2 N–H and O–H groups in total. The maximum Gasteiger partial charge on any atom is 0.335 e. The number of aromatic carboxylic acids is 1. The molecule has 0 fully saturated rings.